The standard InChI is InChI=1S/C14H21BrN2O/c1-17-6-3-2-4-13(17)5-7-18-14-9-11(15)8-12(16)10-14/h8-10,13H,2-7,16H2,1H3. The molecule has 3 nitrogen and oxygen atoms in total. The lowest BCUT2D eigenvalue weighted by molar-refractivity contribution is 0.153. The molecule has 0 spiro atoms. The van der Waals surface area contributed by atoms with E-state index >= 15 is 0 Å². The number of hydrogen-bond donors (Lipinski definition) is 1. The van der Waals surface area contributed by atoms with Crippen LogP contribution in [0.15, 0.2) is 22.7 Å². The van der Waals surface area contributed by atoms with Crippen LogP contribution >= 0.6 is 15.9 Å². The molecule has 1 aromatic carbocycles. The van der Waals surface area contributed by atoms with Crippen molar-refractivity contribution < 1.29 is 4.74 Å². The Balaban J connectivity index is 1.80. The molecule has 1 aliphatic heterocycles. The van der Waals surface area contributed by atoms with Crippen molar-refractivity contribution in [2.45, 2.75) is 31.7 Å². The minimum Gasteiger partial charge on any atom is -0.493 e. The third kappa shape index (κ3) is 3.89. The number of nitrogens with zero attached hydrogens (tertiary/aromatic N) is 1. The highest BCUT2D eigenvalue weighted by Crippen LogP contribution is 2.23. The SMILES string of the molecule is CN1CCCCC1CCOc1cc(N)cc(Br)c1. The van der Waals surface area contributed by atoms with Crippen LogP contribution in [0.3, 0.4) is 0 Å². The lowest BCUT2D eigenvalue weighted by atomic mass is 10.0. The summed E-state index contributed by atoms with van der Waals surface area (Å²) in [5.74, 6) is 0.848. The molecule has 1 saturated heterocycles. The maximum atomic E-state index is 5.78. The van der Waals surface area contributed by atoms with E-state index in [0.717, 1.165) is 28.9 Å². The third-order valence-corrected chi connectivity index (χ3v) is 3.99. The smallest absolute Gasteiger partial charge is 0.122 e. The average Bonchev–Trinajstić information content (AvgIpc) is 2.30. The van der Waals surface area contributed by atoms with Crippen molar-refractivity contribution in [1.29, 1.82) is 0 Å². The number of anilines is 1. The molecule has 1 aromatic rings. The Bertz CT molecular complexity index is 377. The van der Waals surface area contributed by atoms with Crippen LogP contribution in [0.2, 0.25) is 0 Å². The highest BCUT2D eigenvalue weighted by atomic mass is 79.9. The molecule has 100 valence electrons. The summed E-state index contributed by atoms with van der Waals surface area (Å²) in [6, 6.07) is 6.38. The predicted molar refractivity (Wildman–Crippen MR) is 78.9 cm³/mol. The van der Waals surface area contributed by atoms with Gasteiger partial charge in [-0.2, -0.15) is 0 Å². The Labute approximate surface area is 117 Å². The first-order valence-corrected chi connectivity index (χ1v) is 7.33. The fraction of sp³-hybridized carbons (Fsp3) is 0.571. The van der Waals surface area contributed by atoms with E-state index in [1.807, 2.05) is 18.2 Å². The van der Waals surface area contributed by atoms with Crippen molar-refractivity contribution in [2.24, 2.45) is 0 Å². The molecule has 1 fully saturated rings. The second-order valence-electron chi connectivity index (χ2n) is 4.99. The second-order valence-corrected chi connectivity index (χ2v) is 5.90. The Morgan fingerprint density at radius 1 is 1.39 bits per heavy atom. The highest BCUT2D eigenvalue weighted by Gasteiger charge is 2.18. The van der Waals surface area contributed by atoms with Gasteiger partial charge in [0.15, 0.2) is 0 Å². The molecule has 0 saturated carbocycles. The van der Waals surface area contributed by atoms with Gasteiger partial charge in [-0.15, -0.1) is 0 Å². The molecule has 18 heavy (non-hydrogen) atoms. The Morgan fingerprint density at radius 2 is 2.22 bits per heavy atom. The quantitative estimate of drug-likeness (QED) is 0.867. The Hall–Kier alpha value is -0.740. The molecule has 0 aliphatic carbocycles. The third-order valence-electron chi connectivity index (χ3n) is 3.53. The molecular weight excluding hydrogens is 292 g/mol. The van der Waals surface area contributed by atoms with Crippen LogP contribution in [0.25, 0.3) is 0 Å². The Kier molecular flexibility index (Phi) is 4.89. The summed E-state index contributed by atoms with van der Waals surface area (Å²) in [4.78, 5) is 2.45. The highest BCUT2D eigenvalue weighted by molar-refractivity contribution is 9.10. The fourth-order valence-corrected chi connectivity index (χ4v) is 2.98. The summed E-state index contributed by atoms with van der Waals surface area (Å²) in [7, 11) is 2.21. The maximum Gasteiger partial charge on any atom is 0.122 e. The minimum absolute atomic E-state index is 0.670. The van der Waals surface area contributed by atoms with E-state index in [0.29, 0.717) is 6.04 Å². The van der Waals surface area contributed by atoms with Gasteiger partial charge in [0.05, 0.1) is 6.61 Å². The molecule has 0 bridgehead atoms. The van der Waals surface area contributed by atoms with Crippen molar-refractivity contribution in [3.8, 4) is 5.75 Å². The van der Waals surface area contributed by atoms with Gasteiger partial charge in [-0.25, -0.2) is 0 Å². The maximum absolute atomic E-state index is 5.78. The molecule has 1 heterocycles. The molecule has 1 unspecified atom stereocenters. The summed E-state index contributed by atoms with van der Waals surface area (Å²) < 4.78 is 6.75. The minimum atomic E-state index is 0.670. The summed E-state index contributed by atoms with van der Waals surface area (Å²) in [6.07, 6.45) is 5.05. The molecule has 2 N–H and O–H groups in total. The zero-order valence-electron chi connectivity index (χ0n) is 10.9. The van der Waals surface area contributed by atoms with E-state index in [9.17, 15) is 0 Å². The summed E-state index contributed by atoms with van der Waals surface area (Å²) >= 11 is 3.42. The fourth-order valence-electron chi connectivity index (χ4n) is 2.49. The van der Waals surface area contributed by atoms with E-state index in [1.54, 1.807) is 0 Å². The van der Waals surface area contributed by atoms with Crippen molar-refractivity contribution >= 4 is 21.6 Å². The molecule has 1 atom stereocenters. The predicted octanol–water partition coefficient (Wildman–Crippen LogP) is 3.28. The number of benzene rings is 1. The van der Waals surface area contributed by atoms with Crippen molar-refractivity contribution in [3.63, 3.8) is 0 Å². The normalized spacial score (nSPS) is 20.9. The van der Waals surface area contributed by atoms with E-state index in [2.05, 4.69) is 27.9 Å². The summed E-state index contributed by atoms with van der Waals surface area (Å²) in [5, 5.41) is 0. The van der Waals surface area contributed by atoms with Crippen molar-refractivity contribution in [3.05, 3.63) is 22.7 Å². The number of likely N-dealkylation sites (tertiary alicyclic amines) is 1. The number of nitrogen functional groups attached to an aromatic ring is 1. The molecule has 0 radical (unpaired) electrons. The van der Waals surface area contributed by atoms with Crippen LogP contribution in [0, 0.1) is 0 Å². The number of ether oxygens (including phenoxy) is 1. The van der Waals surface area contributed by atoms with Crippen LogP contribution in [-0.2, 0) is 0 Å². The van der Waals surface area contributed by atoms with Gasteiger partial charge in [0, 0.05) is 22.3 Å². The molecule has 1 aliphatic rings. The summed E-state index contributed by atoms with van der Waals surface area (Å²) in [6.45, 7) is 1.97. The Morgan fingerprint density at radius 3 is 2.94 bits per heavy atom. The van der Waals surface area contributed by atoms with Gasteiger partial charge in [-0.3, -0.25) is 0 Å². The van der Waals surface area contributed by atoms with Gasteiger partial charge in [-0.05, 0) is 45.0 Å². The van der Waals surface area contributed by atoms with Crippen molar-refractivity contribution in [1.82, 2.24) is 4.90 Å². The van der Waals surface area contributed by atoms with Crippen molar-refractivity contribution in [2.75, 3.05) is 25.9 Å². The lowest BCUT2D eigenvalue weighted by Gasteiger charge is -2.32. The number of nitrogens with two attached hydrogens (primary N) is 1. The first-order chi connectivity index (χ1) is 8.65. The first-order valence-electron chi connectivity index (χ1n) is 6.54. The van der Waals surface area contributed by atoms with E-state index in [1.165, 1.54) is 25.8 Å². The van der Waals surface area contributed by atoms with E-state index in [4.69, 9.17) is 10.5 Å². The van der Waals surface area contributed by atoms with Gasteiger partial charge < -0.3 is 15.4 Å². The largest absolute Gasteiger partial charge is 0.493 e. The van der Waals surface area contributed by atoms with E-state index in [-0.39, 0.29) is 0 Å². The summed E-state index contributed by atoms with van der Waals surface area (Å²) in [5.41, 5.74) is 6.51. The second kappa shape index (κ2) is 6.43. The number of rotatable bonds is 4. The molecule has 0 amide bonds. The van der Waals surface area contributed by atoms with Crippen LogP contribution in [0.5, 0.6) is 5.75 Å². The zero-order chi connectivity index (χ0) is 13.0. The van der Waals surface area contributed by atoms with Crippen LogP contribution in [-0.4, -0.2) is 31.1 Å². The molecule has 0 aromatic heterocycles. The number of hydrogen-bond acceptors (Lipinski definition) is 3. The van der Waals surface area contributed by atoms with Gasteiger partial charge in [-0.1, -0.05) is 22.4 Å². The zero-order valence-corrected chi connectivity index (χ0v) is 12.4. The molecule has 2 rings (SSSR count). The van der Waals surface area contributed by atoms with Crippen LogP contribution < -0.4 is 10.5 Å². The van der Waals surface area contributed by atoms with Gasteiger partial charge in [0.1, 0.15) is 5.75 Å². The van der Waals surface area contributed by atoms with Crippen LogP contribution in [0.4, 0.5) is 5.69 Å². The van der Waals surface area contributed by atoms with Gasteiger partial charge in [0.25, 0.3) is 0 Å². The van der Waals surface area contributed by atoms with E-state index < -0.39 is 0 Å². The average molecular weight is 313 g/mol. The lowest BCUT2D eigenvalue weighted by Crippen LogP contribution is -2.37. The topological polar surface area (TPSA) is 38.5 Å². The first kappa shape index (κ1) is 13.7. The molecule has 4 heteroatoms. The number of piperidine rings is 1. The van der Waals surface area contributed by atoms with Gasteiger partial charge >= 0.3 is 0 Å². The molecular formula is C14H21BrN2O. The van der Waals surface area contributed by atoms with Crippen LogP contribution in [0.1, 0.15) is 25.7 Å². The number of halogens is 1. The monoisotopic (exact) mass is 312 g/mol. The van der Waals surface area contributed by atoms with Gasteiger partial charge in [0.2, 0.25) is 0 Å².